The molecule has 0 saturated heterocycles. The SMILES string of the molecule is COc1c(CC=C(C)CCC=C(C)CO)c(C)c(O)c2ccccc12. The van der Waals surface area contributed by atoms with Crippen LogP contribution in [0.5, 0.6) is 11.5 Å². The predicted octanol–water partition coefficient (Wildman–Crippen LogP) is 5.07. The lowest BCUT2D eigenvalue weighted by Gasteiger charge is -2.16. The topological polar surface area (TPSA) is 49.7 Å². The van der Waals surface area contributed by atoms with Gasteiger partial charge in [-0.2, -0.15) is 0 Å². The Morgan fingerprint density at radius 3 is 2.40 bits per heavy atom. The Labute approximate surface area is 150 Å². The summed E-state index contributed by atoms with van der Waals surface area (Å²) in [6.45, 7) is 6.11. The first-order valence-electron chi connectivity index (χ1n) is 8.68. The summed E-state index contributed by atoms with van der Waals surface area (Å²) in [5, 5.41) is 21.3. The van der Waals surface area contributed by atoms with Crippen molar-refractivity contribution in [3.05, 3.63) is 58.7 Å². The van der Waals surface area contributed by atoms with Crippen LogP contribution in [0.3, 0.4) is 0 Å². The molecule has 0 unspecified atom stereocenters. The fraction of sp³-hybridized carbons (Fsp3) is 0.364. The quantitative estimate of drug-likeness (QED) is 0.692. The van der Waals surface area contributed by atoms with E-state index in [1.165, 1.54) is 5.57 Å². The Kier molecular flexibility index (Phi) is 6.65. The molecule has 0 spiro atoms. The lowest BCUT2D eigenvalue weighted by atomic mass is 9.95. The molecule has 3 nitrogen and oxygen atoms in total. The molecule has 0 amide bonds. The number of ether oxygens (including phenoxy) is 1. The van der Waals surface area contributed by atoms with E-state index in [0.717, 1.165) is 52.5 Å². The van der Waals surface area contributed by atoms with E-state index in [2.05, 4.69) is 19.1 Å². The van der Waals surface area contributed by atoms with Crippen molar-refractivity contribution in [1.82, 2.24) is 0 Å². The first-order chi connectivity index (χ1) is 12.0. The highest BCUT2D eigenvalue weighted by Gasteiger charge is 2.16. The van der Waals surface area contributed by atoms with Crippen LogP contribution in [0, 0.1) is 6.92 Å². The van der Waals surface area contributed by atoms with Gasteiger partial charge in [-0.1, -0.05) is 47.6 Å². The van der Waals surface area contributed by atoms with Crippen LogP contribution < -0.4 is 4.74 Å². The molecule has 0 heterocycles. The van der Waals surface area contributed by atoms with Crippen LogP contribution in [-0.4, -0.2) is 23.9 Å². The van der Waals surface area contributed by atoms with Crippen LogP contribution >= 0.6 is 0 Å². The molecule has 2 N–H and O–H groups in total. The van der Waals surface area contributed by atoms with E-state index in [0.29, 0.717) is 5.75 Å². The van der Waals surface area contributed by atoms with Gasteiger partial charge in [-0.15, -0.1) is 0 Å². The summed E-state index contributed by atoms with van der Waals surface area (Å²) in [5.74, 6) is 1.17. The van der Waals surface area contributed by atoms with Crippen molar-refractivity contribution < 1.29 is 14.9 Å². The fourth-order valence-electron chi connectivity index (χ4n) is 3.03. The molecular weight excluding hydrogens is 312 g/mol. The third-order valence-electron chi connectivity index (χ3n) is 4.65. The van der Waals surface area contributed by atoms with Gasteiger partial charge in [-0.25, -0.2) is 0 Å². The van der Waals surface area contributed by atoms with Crippen LogP contribution in [0.25, 0.3) is 10.8 Å². The number of aliphatic hydroxyl groups excluding tert-OH is 1. The standard InChI is InChI=1S/C22H28O3/c1-15(8-7-9-16(2)14-23)12-13-18-17(3)21(24)19-10-5-6-11-20(19)22(18)25-4/h5-6,9-12,23-24H,7-8,13-14H2,1-4H3. The van der Waals surface area contributed by atoms with Gasteiger partial charge in [-0.05, 0) is 45.6 Å². The second-order valence-corrected chi connectivity index (χ2v) is 6.53. The monoisotopic (exact) mass is 340 g/mol. The summed E-state index contributed by atoms with van der Waals surface area (Å²) in [6, 6.07) is 7.78. The number of rotatable bonds is 7. The molecule has 0 aliphatic carbocycles. The normalized spacial score (nSPS) is 12.7. The Morgan fingerprint density at radius 2 is 1.76 bits per heavy atom. The van der Waals surface area contributed by atoms with Crippen LogP contribution in [0.15, 0.2) is 47.6 Å². The Hall–Kier alpha value is -2.26. The van der Waals surface area contributed by atoms with E-state index in [9.17, 15) is 5.11 Å². The van der Waals surface area contributed by atoms with Crippen LogP contribution in [0.1, 0.15) is 37.8 Å². The van der Waals surface area contributed by atoms with Gasteiger partial charge >= 0.3 is 0 Å². The van der Waals surface area contributed by atoms with Crippen LogP contribution in [-0.2, 0) is 6.42 Å². The molecule has 25 heavy (non-hydrogen) atoms. The van der Waals surface area contributed by atoms with Crippen molar-refractivity contribution in [2.75, 3.05) is 13.7 Å². The highest BCUT2D eigenvalue weighted by Crippen LogP contribution is 2.40. The van der Waals surface area contributed by atoms with Gasteiger partial charge < -0.3 is 14.9 Å². The van der Waals surface area contributed by atoms with Gasteiger partial charge in [0, 0.05) is 16.3 Å². The van der Waals surface area contributed by atoms with Crippen molar-refractivity contribution in [3.63, 3.8) is 0 Å². The van der Waals surface area contributed by atoms with E-state index in [1.54, 1.807) is 7.11 Å². The molecular formula is C22H28O3. The average Bonchev–Trinajstić information content (AvgIpc) is 2.63. The number of hydrogen-bond donors (Lipinski definition) is 2. The summed E-state index contributed by atoms with van der Waals surface area (Å²) in [6.07, 6.45) is 6.88. The minimum atomic E-state index is 0.121. The minimum Gasteiger partial charge on any atom is -0.507 e. The number of methoxy groups -OCH3 is 1. The van der Waals surface area contributed by atoms with E-state index in [1.807, 2.05) is 38.1 Å². The summed E-state index contributed by atoms with van der Waals surface area (Å²) in [7, 11) is 1.68. The molecule has 2 aromatic carbocycles. The summed E-state index contributed by atoms with van der Waals surface area (Å²) in [4.78, 5) is 0. The zero-order valence-electron chi connectivity index (χ0n) is 15.6. The fourth-order valence-corrected chi connectivity index (χ4v) is 3.03. The van der Waals surface area contributed by atoms with Crippen LogP contribution in [0.4, 0.5) is 0 Å². The largest absolute Gasteiger partial charge is 0.507 e. The second-order valence-electron chi connectivity index (χ2n) is 6.53. The number of phenolic OH excluding ortho intramolecular Hbond substituents is 1. The van der Waals surface area contributed by atoms with Gasteiger partial charge in [0.15, 0.2) is 0 Å². The van der Waals surface area contributed by atoms with Gasteiger partial charge in [0.2, 0.25) is 0 Å². The third-order valence-corrected chi connectivity index (χ3v) is 4.65. The first-order valence-corrected chi connectivity index (χ1v) is 8.68. The Bertz CT molecular complexity index is 801. The molecule has 134 valence electrons. The minimum absolute atomic E-state index is 0.121. The molecule has 0 atom stereocenters. The van der Waals surface area contributed by atoms with Crippen molar-refractivity contribution in [3.8, 4) is 11.5 Å². The van der Waals surface area contributed by atoms with Gasteiger partial charge in [0.25, 0.3) is 0 Å². The molecule has 2 rings (SSSR count). The van der Waals surface area contributed by atoms with Gasteiger partial charge in [0.05, 0.1) is 13.7 Å². The summed E-state index contributed by atoms with van der Waals surface area (Å²) < 4.78 is 5.68. The molecule has 0 aromatic heterocycles. The number of phenols is 1. The van der Waals surface area contributed by atoms with Gasteiger partial charge in [-0.3, -0.25) is 0 Å². The number of allylic oxidation sites excluding steroid dienone is 3. The maximum atomic E-state index is 10.5. The van der Waals surface area contributed by atoms with Crippen LogP contribution in [0.2, 0.25) is 0 Å². The number of fused-ring (bicyclic) bond motifs is 1. The summed E-state index contributed by atoms with van der Waals surface area (Å²) >= 11 is 0. The maximum absolute atomic E-state index is 10.5. The number of aliphatic hydroxyl groups is 1. The zero-order chi connectivity index (χ0) is 18.4. The summed E-state index contributed by atoms with van der Waals surface area (Å²) in [5.41, 5.74) is 4.19. The molecule has 0 fully saturated rings. The van der Waals surface area contributed by atoms with Crippen molar-refractivity contribution in [2.24, 2.45) is 0 Å². The number of aromatic hydroxyl groups is 1. The molecule has 0 saturated carbocycles. The smallest absolute Gasteiger partial charge is 0.130 e. The van der Waals surface area contributed by atoms with Gasteiger partial charge in [0.1, 0.15) is 11.5 Å². The molecule has 0 aliphatic rings. The lowest BCUT2D eigenvalue weighted by Crippen LogP contribution is -1.97. The molecule has 0 aliphatic heterocycles. The number of hydrogen-bond acceptors (Lipinski definition) is 3. The molecule has 2 aromatic rings. The zero-order valence-corrected chi connectivity index (χ0v) is 15.6. The van der Waals surface area contributed by atoms with Crippen molar-refractivity contribution in [1.29, 1.82) is 0 Å². The highest BCUT2D eigenvalue weighted by molar-refractivity contribution is 5.95. The predicted molar refractivity (Wildman–Crippen MR) is 104 cm³/mol. The lowest BCUT2D eigenvalue weighted by molar-refractivity contribution is 0.331. The number of benzene rings is 2. The average molecular weight is 340 g/mol. The highest BCUT2D eigenvalue weighted by atomic mass is 16.5. The Balaban J connectivity index is 2.29. The first kappa shape index (κ1) is 19.1. The van der Waals surface area contributed by atoms with E-state index in [4.69, 9.17) is 9.84 Å². The second kappa shape index (κ2) is 8.72. The molecule has 0 radical (unpaired) electrons. The van der Waals surface area contributed by atoms with Crippen molar-refractivity contribution >= 4 is 10.8 Å². The third kappa shape index (κ3) is 4.43. The molecule has 3 heteroatoms. The van der Waals surface area contributed by atoms with E-state index in [-0.39, 0.29) is 6.61 Å². The van der Waals surface area contributed by atoms with E-state index < -0.39 is 0 Å². The molecule has 0 bridgehead atoms. The maximum Gasteiger partial charge on any atom is 0.130 e. The van der Waals surface area contributed by atoms with Crippen molar-refractivity contribution in [2.45, 2.75) is 40.0 Å². The Morgan fingerprint density at radius 1 is 1.08 bits per heavy atom. The van der Waals surface area contributed by atoms with E-state index >= 15 is 0 Å².